The Bertz CT molecular complexity index is 2660. The van der Waals surface area contributed by atoms with Crippen LogP contribution in [0.1, 0.15) is 126 Å². The Labute approximate surface area is 414 Å². The zero-order chi connectivity index (χ0) is 52.7. The van der Waals surface area contributed by atoms with E-state index in [2.05, 4.69) is 31.4 Å². The van der Waals surface area contributed by atoms with Crippen molar-refractivity contribution >= 4 is 41.1 Å². The molecule has 18 nitrogen and oxygen atoms in total. The van der Waals surface area contributed by atoms with Gasteiger partial charge in [-0.05, 0) is 87.8 Å². The van der Waals surface area contributed by atoms with Crippen LogP contribution in [0.5, 0.6) is 11.5 Å². The summed E-state index contributed by atoms with van der Waals surface area (Å²) < 4.78 is 16.5. The predicted molar refractivity (Wildman–Crippen MR) is 265 cm³/mol. The molecule has 18 heteroatoms. The minimum absolute atomic E-state index is 0.0736. The number of carbonyl (C=O) groups excluding carboxylic acids is 6. The molecule has 3 aromatic carbocycles. The van der Waals surface area contributed by atoms with Gasteiger partial charge in [-0.25, -0.2) is 19.6 Å². The molecule has 4 bridgehead atoms. The number of likely N-dealkylation sites (N-methyl/N-ethyl adjacent to an activating group) is 1. The van der Waals surface area contributed by atoms with Gasteiger partial charge < -0.3 is 34.9 Å². The highest BCUT2D eigenvalue weighted by Crippen LogP contribution is 2.44. The summed E-state index contributed by atoms with van der Waals surface area (Å²) in [5.41, 5.74) is 1.68. The topological polar surface area (TPSA) is 247 Å². The average Bonchev–Trinajstić information content (AvgIpc) is 3.28. The summed E-state index contributed by atoms with van der Waals surface area (Å²) in [6.07, 6.45) is -1.37. The first-order valence-electron chi connectivity index (χ1n) is 23.7. The number of nitro benzene ring substituents is 1. The number of benzene rings is 3. The summed E-state index contributed by atoms with van der Waals surface area (Å²) in [6, 6.07) is 12.1. The Morgan fingerprint density at radius 2 is 1.61 bits per heavy atom. The van der Waals surface area contributed by atoms with Crippen LogP contribution in [-0.4, -0.2) is 99.3 Å². The van der Waals surface area contributed by atoms with Crippen LogP contribution in [0.15, 0.2) is 54.6 Å². The number of methoxy groups -OCH3 is 1. The maximum Gasteiger partial charge on any atom is 0.407 e. The van der Waals surface area contributed by atoms with E-state index in [9.17, 15) is 39.2 Å². The van der Waals surface area contributed by atoms with Crippen molar-refractivity contribution in [3.63, 3.8) is 0 Å². The Kier molecular flexibility index (Phi) is 17.5. The van der Waals surface area contributed by atoms with Crippen molar-refractivity contribution in [2.45, 2.75) is 124 Å². The summed E-state index contributed by atoms with van der Waals surface area (Å²) in [4.78, 5) is 106. The zero-order valence-electron chi connectivity index (χ0n) is 42.7. The van der Waals surface area contributed by atoms with Crippen LogP contribution in [0.3, 0.4) is 0 Å². The van der Waals surface area contributed by atoms with Crippen molar-refractivity contribution in [2.75, 3.05) is 27.3 Å². The second-order valence-electron chi connectivity index (χ2n) is 20.0. The molecule has 0 fully saturated rings. The van der Waals surface area contributed by atoms with Gasteiger partial charge in [-0.2, -0.15) is 0 Å². The SMILES string of the molecule is CCCOc1ccc2cc1-c1cc(cc([N+](=O)[O-])c1O)C[C@@H](C(=O)OC)NC(=O)[C@H](C)CC(=O)[C@H]2N(C)C(=O)[C@H](CCNC(=O)OC(C)(C)C)CC(=O)c1c(C)nc(-c2ccc(C(C)(C)C)cc2)nc1C. The number of nitrogens with one attached hydrogen (secondary N) is 2. The number of amides is 3. The van der Waals surface area contributed by atoms with Gasteiger partial charge in [0.2, 0.25) is 17.6 Å². The smallest absolute Gasteiger partial charge is 0.407 e. The van der Waals surface area contributed by atoms with Crippen molar-refractivity contribution in [1.82, 2.24) is 25.5 Å². The van der Waals surface area contributed by atoms with E-state index in [-0.39, 0.29) is 65.0 Å². The highest BCUT2D eigenvalue weighted by Gasteiger charge is 2.37. The van der Waals surface area contributed by atoms with Gasteiger partial charge in [-0.3, -0.25) is 29.3 Å². The molecule has 3 amide bonds. The highest BCUT2D eigenvalue weighted by molar-refractivity contribution is 6.01. The number of aromatic nitrogens is 2. The van der Waals surface area contributed by atoms with E-state index in [0.717, 1.165) is 24.3 Å². The number of rotatable bonds is 14. The van der Waals surface area contributed by atoms with E-state index in [1.54, 1.807) is 40.7 Å². The van der Waals surface area contributed by atoms with Crippen molar-refractivity contribution in [2.24, 2.45) is 11.8 Å². The number of ketones is 2. The van der Waals surface area contributed by atoms with E-state index < -0.39 is 94.2 Å². The summed E-state index contributed by atoms with van der Waals surface area (Å²) in [5, 5.41) is 29.2. The molecule has 1 aliphatic heterocycles. The molecule has 0 unspecified atom stereocenters. The molecule has 0 saturated carbocycles. The average molecular weight is 979 g/mol. The standard InChI is InChI=1S/C53H66N6O12/c1-13-22-70-43-19-16-34-27-37(43)38-24-32(26-40(46(38)62)59(67)68)25-39(50(65)69-12)57-48(63)29(2)23-42(61)45(34)58(11)49(64)35(20-21-54-51(66)71-53(8,9)10)28-41(60)44-30(3)55-47(56-31(44)4)33-14-17-36(18-15-33)52(5,6)7/h14-19,24,26-27,29,35,39,45,62H,13,20-23,25,28H2,1-12H3,(H,54,66)(H,57,63)/t29-,35-,39+,45+/m1/s1. The van der Waals surface area contributed by atoms with Gasteiger partial charge in [-0.15, -0.1) is 0 Å². The third kappa shape index (κ3) is 13.6. The number of hydrogen-bond donors (Lipinski definition) is 3. The summed E-state index contributed by atoms with van der Waals surface area (Å²) in [7, 11) is 2.50. The zero-order valence-corrected chi connectivity index (χ0v) is 42.7. The number of fused-ring (bicyclic) bond motifs is 5. The molecule has 1 aromatic heterocycles. The van der Waals surface area contributed by atoms with Gasteiger partial charge >= 0.3 is 17.7 Å². The maximum absolute atomic E-state index is 15.1. The minimum atomic E-state index is -1.46. The van der Waals surface area contributed by atoms with Crippen LogP contribution in [0, 0.1) is 35.8 Å². The third-order valence-electron chi connectivity index (χ3n) is 12.2. The fourth-order valence-corrected chi connectivity index (χ4v) is 8.51. The normalized spacial score (nSPS) is 16.7. The van der Waals surface area contributed by atoms with Crippen LogP contribution in [0.4, 0.5) is 10.5 Å². The molecule has 380 valence electrons. The first-order chi connectivity index (χ1) is 33.2. The largest absolute Gasteiger partial charge is 0.502 e. The van der Waals surface area contributed by atoms with Gasteiger partial charge in [0.05, 0.1) is 35.6 Å². The van der Waals surface area contributed by atoms with Gasteiger partial charge in [0.15, 0.2) is 17.4 Å². The maximum atomic E-state index is 15.1. The molecule has 4 aromatic rings. The molecule has 4 atom stereocenters. The number of Topliss-reactive ketones (excluding diaryl/α,β-unsaturated/α-hetero) is 2. The second-order valence-corrected chi connectivity index (χ2v) is 20.0. The first kappa shape index (κ1) is 54.7. The number of aromatic hydroxyl groups is 1. The molecule has 0 spiro atoms. The number of hydrogen-bond acceptors (Lipinski definition) is 14. The van der Waals surface area contributed by atoms with Crippen molar-refractivity contribution in [3.05, 3.63) is 98.4 Å². The van der Waals surface area contributed by atoms with Crippen LogP contribution in [0.25, 0.3) is 22.5 Å². The quantitative estimate of drug-likeness (QED) is 0.0466. The van der Waals surface area contributed by atoms with Crippen LogP contribution in [-0.2, 0) is 40.5 Å². The Hall–Kier alpha value is -7.24. The van der Waals surface area contributed by atoms with Crippen molar-refractivity contribution in [1.29, 1.82) is 0 Å². The molecule has 71 heavy (non-hydrogen) atoms. The molecule has 0 radical (unpaired) electrons. The Morgan fingerprint density at radius 1 is 0.958 bits per heavy atom. The first-order valence-corrected chi connectivity index (χ1v) is 23.7. The number of esters is 1. The molecule has 3 N–H and O–H groups in total. The van der Waals surface area contributed by atoms with Crippen molar-refractivity contribution < 1.29 is 53.0 Å². The lowest BCUT2D eigenvalue weighted by atomic mass is 9.86. The number of aryl methyl sites for hydroxylation is 2. The number of alkyl carbamates (subject to hydrolysis) is 1. The van der Waals surface area contributed by atoms with E-state index in [1.807, 2.05) is 31.2 Å². The molecule has 1 aliphatic rings. The van der Waals surface area contributed by atoms with E-state index in [0.29, 0.717) is 23.6 Å². The molecule has 0 saturated heterocycles. The fourth-order valence-electron chi connectivity index (χ4n) is 8.51. The van der Waals surface area contributed by atoms with E-state index in [1.165, 1.54) is 37.1 Å². The van der Waals surface area contributed by atoms with Crippen LogP contribution >= 0.6 is 0 Å². The van der Waals surface area contributed by atoms with Gasteiger partial charge in [-0.1, -0.05) is 65.0 Å². The third-order valence-corrected chi connectivity index (χ3v) is 12.2. The Balaban J connectivity index is 1.63. The van der Waals surface area contributed by atoms with E-state index >= 15 is 4.79 Å². The number of phenolic OH excluding ortho intramolecular Hbond substituents is 1. The summed E-state index contributed by atoms with van der Waals surface area (Å²) in [6.45, 7) is 18.3. The molecule has 5 rings (SSSR count). The molecule has 2 heterocycles. The van der Waals surface area contributed by atoms with Gasteiger partial charge in [0, 0.05) is 67.4 Å². The number of nitrogens with zero attached hydrogens (tertiary/aromatic N) is 4. The number of carbonyl (C=O) groups is 6. The van der Waals surface area contributed by atoms with Crippen LogP contribution < -0.4 is 15.4 Å². The lowest BCUT2D eigenvalue weighted by Crippen LogP contribution is -2.46. The Morgan fingerprint density at radius 3 is 2.18 bits per heavy atom. The summed E-state index contributed by atoms with van der Waals surface area (Å²) in [5.74, 6) is -5.69. The molecular weight excluding hydrogens is 913 g/mol. The minimum Gasteiger partial charge on any atom is -0.502 e. The summed E-state index contributed by atoms with van der Waals surface area (Å²) >= 11 is 0. The van der Waals surface area contributed by atoms with E-state index in [4.69, 9.17) is 24.2 Å². The fraction of sp³-hybridized carbons (Fsp3) is 0.472. The van der Waals surface area contributed by atoms with Gasteiger partial charge in [0.25, 0.3) is 0 Å². The predicted octanol–water partition coefficient (Wildman–Crippen LogP) is 8.24. The number of ether oxygens (including phenoxy) is 3. The van der Waals surface area contributed by atoms with Crippen molar-refractivity contribution in [3.8, 4) is 34.0 Å². The number of nitro groups is 1. The number of phenols is 1. The molecule has 0 aliphatic carbocycles. The molecular formula is C53H66N6O12. The highest BCUT2D eigenvalue weighted by atomic mass is 16.6. The van der Waals surface area contributed by atoms with Crippen LogP contribution in [0.2, 0.25) is 0 Å². The monoisotopic (exact) mass is 978 g/mol. The lowest BCUT2D eigenvalue weighted by molar-refractivity contribution is -0.385. The second kappa shape index (κ2) is 22.7. The van der Waals surface area contributed by atoms with Gasteiger partial charge in [0.1, 0.15) is 23.4 Å². The lowest BCUT2D eigenvalue weighted by Gasteiger charge is -2.32.